The summed E-state index contributed by atoms with van der Waals surface area (Å²) in [5.41, 5.74) is 0. The third-order valence-electron chi connectivity index (χ3n) is 3.40. The van der Waals surface area contributed by atoms with E-state index in [1.165, 1.54) is 0 Å². The number of aromatic nitrogens is 2. The van der Waals surface area contributed by atoms with Crippen molar-refractivity contribution in [3.05, 3.63) is 18.2 Å². The van der Waals surface area contributed by atoms with Crippen LogP contribution in [0, 0.1) is 0 Å². The number of imidazole rings is 1. The van der Waals surface area contributed by atoms with Gasteiger partial charge in [-0.15, -0.1) is 0 Å². The Hall–Kier alpha value is -1.36. The molecule has 1 fully saturated rings. The predicted octanol–water partition coefficient (Wildman–Crippen LogP) is 0.127. The van der Waals surface area contributed by atoms with Gasteiger partial charge in [-0.05, 0) is 6.54 Å². The second-order valence-electron chi connectivity index (χ2n) is 4.45. The van der Waals surface area contributed by atoms with Gasteiger partial charge in [0.15, 0.2) is 0 Å². The predicted molar refractivity (Wildman–Crippen MR) is 65.6 cm³/mol. The Balaban J connectivity index is 1.87. The number of hydrogen-bond donors (Lipinski definition) is 0. The summed E-state index contributed by atoms with van der Waals surface area (Å²) in [6.07, 6.45) is 4.02. The molecule has 5 nitrogen and oxygen atoms in total. The highest BCUT2D eigenvalue weighted by Crippen LogP contribution is 2.05. The largest absolute Gasteiger partial charge is 0.340 e. The molecular formula is C12H20N4O. The van der Waals surface area contributed by atoms with Crippen molar-refractivity contribution in [1.82, 2.24) is 19.4 Å². The van der Waals surface area contributed by atoms with Crippen molar-refractivity contribution in [2.24, 2.45) is 7.05 Å². The molecule has 1 amide bonds. The fraction of sp³-hybridized carbons (Fsp3) is 0.667. The number of aryl methyl sites for hydroxylation is 1. The monoisotopic (exact) mass is 236 g/mol. The molecule has 1 aromatic heterocycles. The second-order valence-corrected chi connectivity index (χ2v) is 4.45. The minimum Gasteiger partial charge on any atom is -0.340 e. The summed E-state index contributed by atoms with van der Waals surface area (Å²) < 4.78 is 1.90. The van der Waals surface area contributed by atoms with E-state index in [4.69, 9.17) is 0 Å². The van der Waals surface area contributed by atoms with Gasteiger partial charge in [0.2, 0.25) is 5.91 Å². The molecule has 5 heteroatoms. The van der Waals surface area contributed by atoms with E-state index in [0.717, 1.165) is 38.5 Å². The SMILES string of the molecule is CCN1CCN(C(=O)Cc2nccn2C)CC1. The van der Waals surface area contributed by atoms with Crippen molar-refractivity contribution >= 4 is 5.91 Å². The van der Waals surface area contributed by atoms with Crippen molar-refractivity contribution in [2.75, 3.05) is 32.7 Å². The summed E-state index contributed by atoms with van der Waals surface area (Å²) in [7, 11) is 1.92. The zero-order valence-electron chi connectivity index (χ0n) is 10.6. The molecular weight excluding hydrogens is 216 g/mol. The lowest BCUT2D eigenvalue weighted by Crippen LogP contribution is -2.49. The summed E-state index contributed by atoms with van der Waals surface area (Å²) in [6.45, 7) is 6.90. The lowest BCUT2D eigenvalue weighted by Gasteiger charge is -2.34. The van der Waals surface area contributed by atoms with E-state index in [9.17, 15) is 4.79 Å². The Bertz CT molecular complexity index is 380. The van der Waals surface area contributed by atoms with E-state index in [1.54, 1.807) is 6.20 Å². The van der Waals surface area contributed by atoms with Gasteiger partial charge in [0.25, 0.3) is 0 Å². The number of nitrogens with zero attached hydrogens (tertiary/aromatic N) is 4. The van der Waals surface area contributed by atoms with Crippen molar-refractivity contribution in [1.29, 1.82) is 0 Å². The quantitative estimate of drug-likeness (QED) is 0.749. The third kappa shape index (κ3) is 2.85. The number of piperazine rings is 1. The summed E-state index contributed by atoms with van der Waals surface area (Å²) in [4.78, 5) is 20.6. The Morgan fingerprint density at radius 2 is 2.06 bits per heavy atom. The third-order valence-corrected chi connectivity index (χ3v) is 3.40. The number of hydrogen-bond acceptors (Lipinski definition) is 3. The number of amides is 1. The molecule has 2 rings (SSSR count). The second kappa shape index (κ2) is 5.31. The number of likely N-dealkylation sites (N-methyl/N-ethyl adjacent to an activating group) is 1. The number of carbonyl (C=O) groups is 1. The van der Waals surface area contributed by atoms with Crippen molar-refractivity contribution in [3.8, 4) is 0 Å². The fourth-order valence-corrected chi connectivity index (χ4v) is 2.13. The van der Waals surface area contributed by atoms with Crippen LogP contribution in [0.3, 0.4) is 0 Å². The molecule has 0 aliphatic carbocycles. The maximum Gasteiger partial charge on any atom is 0.230 e. The van der Waals surface area contributed by atoms with Crippen molar-refractivity contribution < 1.29 is 4.79 Å². The first kappa shape index (κ1) is 12.1. The first-order valence-electron chi connectivity index (χ1n) is 6.17. The number of carbonyl (C=O) groups excluding carboxylic acids is 1. The molecule has 94 valence electrons. The van der Waals surface area contributed by atoms with Crippen LogP contribution in [0.2, 0.25) is 0 Å². The molecule has 1 aliphatic heterocycles. The molecule has 0 radical (unpaired) electrons. The zero-order valence-corrected chi connectivity index (χ0v) is 10.6. The lowest BCUT2D eigenvalue weighted by molar-refractivity contribution is -0.132. The maximum atomic E-state index is 12.1. The summed E-state index contributed by atoms with van der Waals surface area (Å²) >= 11 is 0. The molecule has 0 atom stereocenters. The normalized spacial score (nSPS) is 17.4. The van der Waals surface area contributed by atoms with Crippen LogP contribution in [-0.4, -0.2) is 58.0 Å². The minimum atomic E-state index is 0.190. The van der Waals surface area contributed by atoms with Gasteiger partial charge in [-0.1, -0.05) is 6.92 Å². The molecule has 1 saturated heterocycles. The van der Waals surface area contributed by atoms with Crippen LogP contribution >= 0.6 is 0 Å². The highest BCUT2D eigenvalue weighted by atomic mass is 16.2. The molecule has 0 unspecified atom stereocenters. The standard InChI is InChI=1S/C12H20N4O/c1-3-15-6-8-16(9-7-15)12(17)10-11-13-4-5-14(11)2/h4-5H,3,6-10H2,1-2H3. The lowest BCUT2D eigenvalue weighted by atomic mass is 10.2. The Morgan fingerprint density at radius 1 is 1.35 bits per heavy atom. The smallest absolute Gasteiger partial charge is 0.230 e. The van der Waals surface area contributed by atoms with E-state index in [0.29, 0.717) is 6.42 Å². The highest BCUT2D eigenvalue weighted by molar-refractivity contribution is 5.78. The van der Waals surface area contributed by atoms with Crippen LogP contribution in [-0.2, 0) is 18.3 Å². The molecule has 0 aromatic carbocycles. The molecule has 1 aromatic rings. The van der Waals surface area contributed by atoms with E-state index in [-0.39, 0.29) is 5.91 Å². The van der Waals surface area contributed by atoms with Gasteiger partial charge in [-0.3, -0.25) is 4.79 Å². The van der Waals surface area contributed by atoms with Crippen LogP contribution in [0.25, 0.3) is 0 Å². The van der Waals surface area contributed by atoms with E-state index in [2.05, 4.69) is 16.8 Å². The molecule has 17 heavy (non-hydrogen) atoms. The maximum absolute atomic E-state index is 12.1. The molecule has 0 bridgehead atoms. The summed E-state index contributed by atoms with van der Waals surface area (Å²) in [5, 5.41) is 0. The topological polar surface area (TPSA) is 41.4 Å². The van der Waals surface area contributed by atoms with Gasteiger partial charge < -0.3 is 14.4 Å². The minimum absolute atomic E-state index is 0.190. The van der Waals surface area contributed by atoms with Crippen LogP contribution in [0.4, 0.5) is 0 Å². The van der Waals surface area contributed by atoms with Gasteiger partial charge in [0.1, 0.15) is 5.82 Å². The zero-order chi connectivity index (χ0) is 12.3. The Morgan fingerprint density at radius 3 is 2.59 bits per heavy atom. The summed E-state index contributed by atoms with van der Waals surface area (Å²) in [5.74, 6) is 1.03. The fourth-order valence-electron chi connectivity index (χ4n) is 2.13. The van der Waals surface area contributed by atoms with Gasteiger partial charge in [-0.2, -0.15) is 0 Å². The van der Waals surface area contributed by atoms with Crippen molar-refractivity contribution in [3.63, 3.8) is 0 Å². The molecule has 0 N–H and O–H groups in total. The molecule has 1 aliphatic rings. The Labute approximate surface area is 102 Å². The van der Waals surface area contributed by atoms with Crippen LogP contribution in [0.15, 0.2) is 12.4 Å². The van der Waals surface area contributed by atoms with Gasteiger partial charge >= 0.3 is 0 Å². The molecule has 2 heterocycles. The molecule has 0 saturated carbocycles. The summed E-state index contributed by atoms with van der Waals surface area (Å²) in [6, 6.07) is 0. The van der Waals surface area contributed by atoms with E-state index < -0.39 is 0 Å². The van der Waals surface area contributed by atoms with Gasteiger partial charge in [-0.25, -0.2) is 4.98 Å². The van der Waals surface area contributed by atoms with Crippen LogP contribution in [0.1, 0.15) is 12.7 Å². The highest BCUT2D eigenvalue weighted by Gasteiger charge is 2.20. The molecule has 0 spiro atoms. The van der Waals surface area contributed by atoms with Gasteiger partial charge in [0.05, 0.1) is 6.42 Å². The van der Waals surface area contributed by atoms with Crippen LogP contribution < -0.4 is 0 Å². The first-order valence-corrected chi connectivity index (χ1v) is 6.17. The van der Waals surface area contributed by atoms with Crippen molar-refractivity contribution in [2.45, 2.75) is 13.3 Å². The van der Waals surface area contributed by atoms with E-state index >= 15 is 0 Å². The number of rotatable bonds is 3. The average molecular weight is 236 g/mol. The first-order chi connectivity index (χ1) is 8.20. The van der Waals surface area contributed by atoms with Crippen LogP contribution in [0.5, 0.6) is 0 Å². The van der Waals surface area contributed by atoms with E-state index in [1.807, 2.05) is 22.7 Å². The Kier molecular flexibility index (Phi) is 3.78. The average Bonchev–Trinajstić information content (AvgIpc) is 2.75. The van der Waals surface area contributed by atoms with Gasteiger partial charge in [0, 0.05) is 45.6 Å².